The third-order valence-electron chi connectivity index (χ3n) is 2.10. The van der Waals surface area contributed by atoms with Gasteiger partial charge in [-0.3, -0.25) is 0 Å². The van der Waals surface area contributed by atoms with Crippen LogP contribution in [0, 0.1) is 17.1 Å². The van der Waals surface area contributed by atoms with Crippen LogP contribution in [0.5, 0.6) is 0 Å². The fourth-order valence-electron chi connectivity index (χ4n) is 1.29. The van der Waals surface area contributed by atoms with Gasteiger partial charge in [0.2, 0.25) is 0 Å². The summed E-state index contributed by atoms with van der Waals surface area (Å²) in [5.41, 5.74) is 9.18. The van der Waals surface area contributed by atoms with Crippen molar-refractivity contribution in [1.29, 1.82) is 5.26 Å². The number of hydrogen-bond acceptors (Lipinski definition) is 2. The predicted molar refractivity (Wildman–Crippen MR) is 63.4 cm³/mol. The van der Waals surface area contributed by atoms with E-state index >= 15 is 0 Å². The summed E-state index contributed by atoms with van der Waals surface area (Å²) in [5.74, 6) is -0.349. The topological polar surface area (TPSA) is 72.5 Å². The normalized spacial score (nSPS) is 9.88. The molecule has 0 saturated heterocycles. The summed E-state index contributed by atoms with van der Waals surface area (Å²) in [7, 11) is 0. The van der Waals surface area contributed by atoms with Gasteiger partial charge in [-0.05, 0) is 23.6 Å². The number of hydrogen-bond donors (Lipinski definition) is 0. The first-order valence-electron chi connectivity index (χ1n) is 5.10. The Morgan fingerprint density at radius 1 is 1.53 bits per heavy atom. The van der Waals surface area contributed by atoms with Crippen molar-refractivity contribution in [2.45, 2.75) is 12.8 Å². The lowest BCUT2D eigenvalue weighted by Gasteiger charge is -1.99. The van der Waals surface area contributed by atoms with E-state index in [0.717, 1.165) is 0 Å². The summed E-state index contributed by atoms with van der Waals surface area (Å²) in [4.78, 5) is 2.62. The average Bonchev–Trinajstić information content (AvgIpc) is 2.32. The molecule has 0 heterocycles. The second-order valence-corrected chi connectivity index (χ2v) is 3.34. The van der Waals surface area contributed by atoms with Crippen LogP contribution in [0.3, 0.4) is 0 Å². The highest BCUT2D eigenvalue weighted by Gasteiger charge is 2.00. The molecule has 4 nitrogen and oxygen atoms in total. The molecule has 86 valence electrons. The van der Waals surface area contributed by atoms with Crippen LogP contribution in [0.15, 0.2) is 29.4 Å². The van der Waals surface area contributed by atoms with Crippen LogP contribution in [-0.2, 0) is 6.42 Å². The largest absolute Gasteiger partial charge is 0.206 e. The number of halogens is 1. The molecule has 0 unspecified atom stereocenters. The summed E-state index contributed by atoms with van der Waals surface area (Å²) in [6.45, 7) is 0.362. The van der Waals surface area contributed by atoms with E-state index in [1.807, 2.05) is 6.07 Å². The Balaban J connectivity index is 2.66. The molecule has 0 aliphatic heterocycles. The fraction of sp³-hybridized carbons (Fsp3) is 0.250. The molecule has 0 fully saturated rings. The van der Waals surface area contributed by atoms with Crippen molar-refractivity contribution in [1.82, 2.24) is 0 Å². The molecule has 0 saturated carbocycles. The summed E-state index contributed by atoms with van der Waals surface area (Å²) in [6.07, 6.45) is 4.16. The highest BCUT2D eigenvalue weighted by molar-refractivity contribution is 5.50. The molecule has 0 aliphatic rings. The predicted octanol–water partition coefficient (Wildman–Crippen LogP) is 3.61. The smallest absolute Gasteiger partial charge is 0.130 e. The quantitative estimate of drug-likeness (QED) is 0.329. The van der Waals surface area contributed by atoms with Crippen molar-refractivity contribution in [2.75, 3.05) is 6.54 Å². The minimum Gasteiger partial charge on any atom is -0.206 e. The first kappa shape index (κ1) is 12.8. The van der Waals surface area contributed by atoms with Crippen LogP contribution >= 0.6 is 0 Å². The zero-order valence-corrected chi connectivity index (χ0v) is 9.17. The Morgan fingerprint density at radius 2 is 2.35 bits per heavy atom. The Labute approximate surface area is 98.6 Å². The van der Waals surface area contributed by atoms with Crippen LogP contribution in [0.2, 0.25) is 0 Å². The molecular formula is C12H11FN4. The molecule has 0 atom stereocenters. The summed E-state index contributed by atoms with van der Waals surface area (Å²) < 4.78 is 13.5. The van der Waals surface area contributed by atoms with E-state index in [-0.39, 0.29) is 12.2 Å². The number of nitriles is 1. The standard InChI is InChI=1S/C12H11FN4/c13-12-9-10(6-7-14)4-5-11(12)3-1-2-8-16-17-15/h1,3-5,9H,2,6,8H2. The second kappa shape index (κ2) is 7.04. The zero-order valence-electron chi connectivity index (χ0n) is 9.17. The van der Waals surface area contributed by atoms with E-state index in [0.29, 0.717) is 24.1 Å². The average molecular weight is 230 g/mol. The maximum atomic E-state index is 13.5. The molecule has 0 amide bonds. The van der Waals surface area contributed by atoms with E-state index < -0.39 is 0 Å². The Hall–Kier alpha value is -2.31. The second-order valence-electron chi connectivity index (χ2n) is 3.34. The Kier molecular flexibility index (Phi) is 5.29. The Morgan fingerprint density at radius 3 is 3.00 bits per heavy atom. The van der Waals surface area contributed by atoms with E-state index in [9.17, 15) is 4.39 Å². The number of rotatable bonds is 5. The lowest BCUT2D eigenvalue weighted by atomic mass is 10.1. The molecule has 1 aromatic carbocycles. The van der Waals surface area contributed by atoms with Gasteiger partial charge in [0.05, 0.1) is 12.5 Å². The fourth-order valence-corrected chi connectivity index (χ4v) is 1.29. The molecule has 0 radical (unpaired) electrons. The van der Waals surface area contributed by atoms with Gasteiger partial charge in [0.25, 0.3) is 0 Å². The SMILES string of the molecule is N#CCc1ccc(C=CCCN=[N+]=[N-])c(F)c1. The van der Waals surface area contributed by atoms with Gasteiger partial charge in [-0.15, -0.1) is 0 Å². The van der Waals surface area contributed by atoms with Crippen LogP contribution < -0.4 is 0 Å². The van der Waals surface area contributed by atoms with Gasteiger partial charge in [-0.2, -0.15) is 5.26 Å². The van der Waals surface area contributed by atoms with Crippen LogP contribution in [-0.4, -0.2) is 6.54 Å². The van der Waals surface area contributed by atoms with E-state index in [1.54, 1.807) is 24.3 Å². The molecule has 1 rings (SSSR count). The van der Waals surface area contributed by atoms with Gasteiger partial charge in [-0.1, -0.05) is 29.4 Å². The lowest BCUT2D eigenvalue weighted by Crippen LogP contribution is -1.87. The van der Waals surface area contributed by atoms with E-state index in [1.165, 1.54) is 6.07 Å². The number of benzene rings is 1. The summed E-state index contributed by atoms with van der Waals surface area (Å²) in [6, 6.07) is 6.68. The van der Waals surface area contributed by atoms with E-state index in [2.05, 4.69) is 10.0 Å². The lowest BCUT2D eigenvalue weighted by molar-refractivity contribution is 0.623. The maximum absolute atomic E-state index is 13.5. The van der Waals surface area contributed by atoms with Gasteiger partial charge in [0.1, 0.15) is 5.82 Å². The summed E-state index contributed by atoms with van der Waals surface area (Å²) in [5, 5.41) is 11.8. The molecule has 5 heteroatoms. The molecule has 0 bridgehead atoms. The van der Waals surface area contributed by atoms with Gasteiger partial charge in [-0.25, -0.2) is 4.39 Å². The van der Waals surface area contributed by atoms with Crippen LogP contribution in [0.1, 0.15) is 17.5 Å². The first-order valence-corrected chi connectivity index (χ1v) is 5.10. The van der Waals surface area contributed by atoms with Gasteiger partial charge >= 0.3 is 0 Å². The third-order valence-corrected chi connectivity index (χ3v) is 2.10. The van der Waals surface area contributed by atoms with Crippen molar-refractivity contribution in [2.24, 2.45) is 5.11 Å². The van der Waals surface area contributed by atoms with Crippen molar-refractivity contribution in [3.63, 3.8) is 0 Å². The molecule has 0 aliphatic carbocycles. The van der Waals surface area contributed by atoms with Crippen LogP contribution in [0.25, 0.3) is 16.5 Å². The maximum Gasteiger partial charge on any atom is 0.130 e. The third kappa shape index (κ3) is 4.37. The van der Waals surface area contributed by atoms with Crippen molar-refractivity contribution in [3.8, 4) is 6.07 Å². The van der Waals surface area contributed by atoms with E-state index in [4.69, 9.17) is 10.8 Å². The highest BCUT2D eigenvalue weighted by atomic mass is 19.1. The van der Waals surface area contributed by atoms with Crippen molar-refractivity contribution >= 4 is 6.08 Å². The van der Waals surface area contributed by atoms with Crippen molar-refractivity contribution in [3.05, 3.63) is 51.7 Å². The van der Waals surface area contributed by atoms with Gasteiger partial charge in [0.15, 0.2) is 0 Å². The number of nitrogens with zero attached hydrogens (tertiary/aromatic N) is 4. The van der Waals surface area contributed by atoms with Crippen molar-refractivity contribution < 1.29 is 4.39 Å². The van der Waals surface area contributed by atoms with Gasteiger partial charge in [0, 0.05) is 17.0 Å². The molecular weight excluding hydrogens is 219 g/mol. The molecule has 1 aromatic rings. The van der Waals surface area contributed by atoms with Crippen LogP contribution in [0.4, 0.5) is 4.39 Å². The zero-order chi connectivity index (χ0) is 12.5. The van der Waals surface area contributed by atoms with Gasteiger partial charge < -0.3 is 0 Å². The molecule has 0 spiro atoms. The highest BCUT2D eigenvalue weighted by Crippen LogP contribution is 2.12. The number of azide groups is 1. The molecule has 0 aromatic heterocycles. The monoisotopic (exact) mass is 230 g/mol. The summed E-state index contributed by atoms with van der Waals surface area (Å²) >= 11 is 0. The minimum atomic E-state index is -0.349. The first-order chi connectivity index (χ1) is 8.27. The molecule has 17 heavy (non-hydrogen) atoms. The minimum absolute atomic E-state index is 0.206. The molecule has 0 N–H and O–H groups in total. The Bertz CT molecular complexity index is 496.